The Morgan fingerprint density at radius 2 is 2.04 bits per heavy atom. The van der Waals surface area contributed by atoms with Gasteiger partial charge in [-0.3, -0.25) is 4.99 Å². The van der Waals surface area contributed by atoms with E-state index in [2.05, 4.69) is 51.5 Å². The first-order valence-corrected chi connectivity index (χ1v) is 9.73. The van der Waals surface area contributed by atoms with E-state index < -0.39 is 0 Å². The van der Waals surface area contributed by atoms with Crippen molar-refractivity contribution in [2.75, 3.05) is 44.8 Å². The van der Waals surface area contributed by atoms with Crippen molar-refractivity contribution in [1.29, 1.82) is 0 Å². The van der Waals surface area contributed by atoms with Gasteiger partial charge in [0.1, 0.15) is 18.3 Å². The second-order valence-electron chi connectivity index (χ2n) is 7.11. The second kappa shape index (κ2) is 7.74. The van der Waals surface area contributed by atoms with Crippen molar-refractivity contribution in [2.45, 2.75) is 13.0 Å². The number of fused-ring (bicyclic) bond motifs is 1. The molecule has 0 amide bonds. The minimum absolute atomic E-state index is 0.0600. The molecular weight excluding hydrogens is 360 g/mol. The van der Waals surface area contributed by atoms with E-state index >= 15 is 0 Å². The number of likely N-dealkylation sites (N-methyl/N-ethyl adjacent to an activating group) is 1. The summed E-state index contributed by atoms with van der Waals surface area (Å²) in [5.41, 5.74) is 1.00. The van der Waals surface area contributed by atoms with Crippen molar-refractivity contribution in [3.05, 3.63) is 46.9 Å². The van der Waals surface area contributed by atoms with Crippen LogP contribution in [0.3, 0.4) is 0 Å². The topological polar surface area (TPSA) is 55.8 Å². The summed E-state index contributed by atoms with van der Waals surface area (Å²) in [7, 11) is 2.16. The molecule has 1 atom stereocenters. The molecule has 1 aromatic heterocycles. The van der Waals surface area contributed by atoms with Crippen LogP contribution in [0.25, 0.3) is 10.8 Å². The third-order valence-electron chi connectivity index (χ3n) is 5.13. The molecule has 0 spiro atoms. The fourth-order valence-corrected chi connectivity index (χ4v) is 3.78. The number of nitrogens with one attached hydrogen (secondary N) is 2. The molecule has 0 radical (unpaired) electrons. The van der Waals surface area contributed by atoms with Crippen LogP contribution in [0.4, 0.5) is 5.82 Å². The lowest BCUT2D eigenvalue weighted by Crippen LogP contribution is -2.45. The standard InChI is InChI=1S/C20H25ClN6/c1-14(24-18-6-7-22-13-23-18)17-12-15-4-3-5-16(21)19(15)20(25-17)27-10-8-26(2)9-11-27/h3-7,12,14,23-24H,8-11,13H2,1-2H3/t14-/m0/s1. The highest BCUT2D eigenvalue weighted by Gasteiger charge is 2.21. The highest BCUT2D eigenvalue weighted by molar-refractivity contribution is 6.36. The molecule has 0 unspecified atom stereocenters. The molecule has 2 aliphatic heterocycles. The van der Waals surface area contributed by atoms with E-state index in [4.69, 9.17) is 16.6 Å². The maximum atomic E-state index is 6.57. The Bertz CT molecular complexity index is 885. The predicted octanol–water partition coefficient (Wildman–Crippen LogP) is 2.76. The molecule has 1 fully saturated rings. The van der Waals surface area contributed by atoms with Gasteiger partial charge in [-0.05, 0) is 37.6 Å². The summed E-state index contributed by atoms with van der Waals surface area (Å²) in [4.78, 5) is 13.9. The number of benzene rings is 1. The lowest BCUT2D eigenvalue weighted by molar-refractivity contribution is 0.312. The molecule has 2 aliphatic rings. The lowest BCUT2D eigenvalue weighted by atomic mass is 10.1. The van der Waals surface area contributed by atoms with Crippen LogP contribution in [0.2, 0.25) is 5.02 Å². The summed E-state index contributed by atoms with van der Waals surface area (Å²) in [5.74, 6) is 1.95. The van der Waals surface area contributed by atoms with Crippen LogP contribution in [0.1, 0.15) is 18.7 Å². The Labute approximate surface area is 164 Å². The summed E-state index contributed by atoms with van der Waals surface area (Å²) < 4.78 is 0. The van der Waals surface area contributed by atoms with Gasteiger partial charge in [-0.25, -0.2) is 4.98 Å². The first-order chi connectivity index (χ1) is 13.1. The first kappa shape index (κ1) is 18.1. The number of hydrogen-bond donors (Lipinski definition) is 2. The third kappa shape index (κ3) is 3.87. The highest BCUT2D eigenvalue weighted by Crippen LogP contribution is 2.34. The van der Waals surface area contributed by atoms with Crippen LogP contribution >= 0.6 is 11.6 Å². The average molecular weight is 385 g/mol. The number of anilines is 1. The minimum Gasteiger partial charge on any atom is -0.364 e. The number of aromatic nitrogens is 1. The zero-order chi connectivity index (χ0) is 18.8. The molecule has 0 saturated carbocycles. The lowest BCUT2D eigenvalue weighted by Gasteiger charge is -2.34. The Morgan fingerprint density at radius 1 is 1.22 bits per heavy atom. The van der Waals surface area contributed by atoms with Gasteiger partial charge in [0.25, 0.3) is 0 Å². The number of piperazine rings is 1. The summed E-state index contributed by atoms with van der Waals surface area (Å²) in [5, 5.41) is 9.65. The molecule has 3 heterocycles. The number of rotatable bonds is 4. The fourth-order valence-electron chi connectivity index (χ4n) is 3.51. The Kier molecular flexibility index (Phi) is 5.18. The molecule has 27 heavy (non-hydrogen) atoms. The number of pyridine rings is 1. The zero-order valence-electron chi connectivity index (χ0n) is 15.7. The normalized spacial score (nSPS) is 18.9. The van der Waals surface area contributed by atoms with Crippen molar-refractivity contribution < 1.29 is 0 Å². The molecule has 7 heteroatoms. The van der Waals surface area contributed by atoms with E-state index in [-0.39, 0.29) is 6.04 Å². The van der Waals surface area contributed by atoms with Gasteiger partial charge in [-0.1, -0.05) is 23.7 Å². The van der Waals surface area contributed by atoms with Gasteiger partial charge in [-0.15, -0.1) is 0 Å². The number of hydrogen-bond acceptors (Lipinski definition) is 6. The summed E-state index contributed by atoms with van der Waals surface area (Å²) in [6, 6.07) is 8.26. The molecule has 2 aromatic rings. The zero-order valence-corrected chi connectivity index (χ0v) is 16.5. The van der Waals surface area contributed by atoms with E-state index in [1.54, 1.807) is 0 Å². The molecule has 0 bridgehead atoms. The third-order valence-corrected chi connectivity index (χ3v) is 5.45. The maximum Gasteiger partial charge on any atom is 0.138 e. The summed E-state index contributed by atoms with van der Waals surface area (Å²) in [6.07, 6.45) is 3.76. The number of aliphatic imine (C=N–C) groups is 1. The highest BCUT2D eigenvalue weighted by atomic mass is 35.5. The molecule has 4 rings (SSSR count). The smallest absolute Gasteiger partial charge is 0.138 e. The van der Waals surface area contributed by atoms with Crippen LogP contribution < -0.4 is 15.5 Å². The van der Waals surface area contributed by atoms with Gasteiger partial charge in [-0.2, -0.15) is 0 Å². The van der Waals surface area contributed by atoms with Crippen molar-refractivity contribution in [2.24, 2.45) is 4.99 Å². The van der Waals surface area contributed by atoms with Gasteiger partial charge in [0.15, 0.2) is 0 Å². The quantitative estimate of drug-likeness (QED) is 0.848. The van der Waals surface area contributed by atoms with Crippen molar-refractivity contribution >= 4 is 34.4 Å². The minimum atomic E-state index is 0.0600. The van der Waals surface area contributed by atoms with Gasteiger partial charge < -0.3 is 20.4 Å². The molecular formula is C20H25ClN6. The second-order valence-corrected chi connectivity index (χ2v) is 7.52. The molecule has 0 aliphatic carbocycles. The van der Waals surface area contributed by atoms with E-state index in [0.29, 0.717) is 6.67 Å². The fraction of sp³-hybridized carbons (Fsp3) is 0.400. The van der Waals surface area contributed by atoms with E-state index in [1.165, 1.54) is 0 Å². The van der Waals surface area contributed by atoms with Crippen molar-refractivity contribution in [1.82, 2.24) is 20.5 Å². The predicted molar refractivity (Wildman–Crippen MR) is 113 cm³/mol. The van der Waals surface area contributed by atoms with Gasteiger partial charge in [0.05, 0.1) is 16.8 Å². The van der Waals surface area contributed by atoms with Crippen LogP contribution in [0, 0.1) is 0 Å². The van der Waals surface area contributed by atoms with Gasteiger partial charge in [0.2, 0.25) is 0 Å². The Morgan fingerprint density at radius 3 is 2.78 bits per heavy atom. The van der Waals surface area contributed by atoms with E-state index in [9.17, 15) is 0 Å². The van der Waals surface area contributed by atoms with Gasteiger partial charge in [0, 0.05) is 37.8 Å². The van der Waals surface area contributed by atoms with Crippen LogP contribution in [-0.4, -0.2) is 56.0 Å². The van der Waals surface area contributed by atoms with Crippen LogP contribution in [0.5, 0.6) is 0 Å². The van der Waals surface area contributed by atoms with Crippen molar-refractivity contribution in [3.63, 3.8) is 0 Å². The number of nitrogens with zero attached hydrogens (tertiary/aromatic N) is 4. The van der Waals surface area contributed by atoms with Crippen molar-refractivity contribution in [3.8, 4) is 0 Å². The molecule has 142 valence electrons. The Hall–Kier alpha value is -2.31. The number of allylic oxidation sites excluding steroid dienone is 1. The first-order valence-electron chi connectivity index (χ1n) is 9.35. The SMILES string of the molecule is C[C@H](NC1=CC=NCN1)c1cc2cccc(Cl)c2c(N2CCN(C)CC2)n1. The average Bonchev–Trinajstić information content (AvgIpc) is 2.69. The van der Waals surface area contributed by atoms with E-state index in [0.717, 1.165) is 59.3 Å². The van der Waals surface area contributed by atoms with Crippen LogP contribution in [0.15, 0.2) is 41.2 Å². The van der Waals surface area contributed by atoms with Gasteiger partial charge >= 0.3 is 0 Å². The largest absolute Gasteiger partial charge is 0.364 e. The Balaban J connectivity index is 1.71. The number of halogens is 1. The molecule has 2 N–H and O–H groups in total. The molecule has 1 aromatic carbocycles. The molecule has 6 nitrogen and oxygen atoms in total. The maximum absolute atomic E-state index is 6.57. The molecule has 1 saturated heterocycles. The van der Waals surface area contributed by atoms with E-state index in [1.807, 2.05) is 24.4 Å². The summed E-state index contributed by atoms with van der Waals surface area (Å²) >= 11 is 6.57. The monoisotopic (exact) mass is 384 g/mol. The summed E-state index contributed by atoms with van der Waals surface area (Å²) in [6.45, 7) is 6.69. The van der Waals surface area contributed by atoms with Crippen LogP contribution in [-0.2, 0) is 0 Å².